The summed E-state index contributed by atoms with van der Waals surface area (Å²) in [5, 5.41) is 9.82. The van der Waals surface area contributed by atoms with Gasteiger partial charge in [0.2, 0.25) is 0 Å². The first-order chi connectivity index (χ1) is 8.34. The van der Waals surface area contributed by atoms with E-state index in [0.29, 0.717) is 5.75 Å². The Morgan fingerprint density at radius 1 is 1.00 bits per heavy atom. The summed E-state index contributed by atoms with van der Waals surface area (Å²) in [6.45, 7) is 0. The standard InChI is InChI=1S/C14H11NOS/c16-13-7-3-1-5-10(13)12-9-17-14-8-4-2-6-11(14)15-12/h1-8,16H,9H2. The van der Waals surface area contributed by atoms with Crippen molar-refractivity contribution in [3.8, 4) is 5.75 Å². The van der Waals surface area contributed by atoms with E-state index in [-0.39, 0.29) is 0 Å². The van der Waals surface area contributed by atoms with Crippen LogP contribution in [0.1, 0.15) is 5.56 Å². The summed E-state index contributed by atoms with van der Waals surface area (Å²) in [6, 6.07) is 15.4. The van der Waals surface area contributed by atoms with Gasteiger partial charge in [-0.05, 0) is 24.3 Å². The van der Waals surface area contributed by atoms with Gasteiger partial charge < -0.3 is 5.11 Å². The highest BCUT2D eigenvalue weighted by Crippen LogP contribution is 2.35. The summed E-state index contributed by atoms with van der Waals surface area (Å²) >= 11 is 1.76. The summed E-state index contributed by atoms with van der Waals surface area (Å²) < 4.78 is 0. The predicted octanol–water partition coefficient (Wildman–Crippen LogP) is 3.62. The third-order valence-corrected chi connectivity index (χ3v) is 3.77. The van der Waals surface area contributed by atoms with Crippen LogP contribution in [0, 0.1) is 0 Å². The molecule has 2 aromatic carbocycles. The molecule has 3 rings (SSSR count). The molecule has 0 unspecified atom stereocenters. The van der Waals surface area contributed by atoms with Gasteiger partial charge >= 0.3 is 0 Å². The second-order valence-electron chi connectivity index (χ2n) is 3.83. The number of para-hydroxylation sites is 2. The van der Waals surface area contributed by atoms with Crippen LogP contribution in [0.4, 0.5) is 5.69 Å². The lowest BCUT2D eigenvalue weighted by Gasteiger charge is -2.15. The van der Waals surface area contributed by atoms with Crippen molar-refractivity contribution in [1.29, 1.82) is 0 Å². The highest BCUT2D eigenvalue weighted by atomic mass is 32.2. The normalized spacial score (nSPS) is 14.0. The highest BCUT2D eigenvalue weighted by molar-refractivity contribution is 8.00. The molecule has 0 spiro atoms. The van der Waals surface area contributed by atoms with E-state index in [9.17, 15) is 5.11 Å². The number of fused-ring (bicyclic) bond motifs is 1. The molecular weight excluding hydrogens is 230 g/mol. The van der Waals surface area contributed by atoms with Crippen molar-refractivity contribution in [2.75, 3.05) is 5.75 Å². The zero-order valence-electron chi connectivity index (χ0n) is 9.13. The Kier molecular flexibility index (Phi) is 2.61. The molecule has 3 heteroatoms. The number of aliphatic imine (C=N–C) groups is 1. The van der Waals surface area contributed by atoms with Gasteiger partial charge in [-0.1, -0.05) is 24.3 Å². The Morgan fingerprint density at radius 2 is 1.76 bits per heavy atom. The van der Waals surface area contributed by atoms with E-state index >= 15 is 0 Å². The second kappa shape index (κ2) is 4.26. The van der Waals surface area contributed by atoms with Crippen LogP contribution in [0.2, 0.25) is 0 Å². The Labute approximate surface area is 104 Å². The van der Waals surface area contributed by atoms with Gasteiger partial charge in [0.15, 0.2) is 0 Å². The topological polar surface area (TPSA) is 32.6 Å². The van der Waals surface area contributed by atoms with Crippen LogP contribution in [-0.4, -0.2) is 16.6 Å². The Hall–Kier alpha value is -1.74. The largest absolute Gasteiger partial charge is 0.507 e. The smallest absolute Gasteiger partial charge is 0.124 e. The van der Waals surface area contributed by atoms with Crippen LogP contribution in [0.25, 0.3) is 0 Å². The molecule has 84 valence electrons. The average Bonchev–Trinajstić information content (AvgIpc) is 2.39. The molecule has 0 aromatic heterocycles. The fraction of sp³-hybridized carbons (Fsp3) is 0.0714. The third-order valence-electron chi connectivity index (χ3n) is 2.70. The lowest BCUT2D eigenvalue weighted by atomic mass is 10.1. The number of hydrogen-bond acceptors (Lipinski definition) is 3. The molecule has 0 bridgehead atoms. The minimum absolute atomic E-state index is 0.297. The summed E-state index contributed by atoms with van der Waals surface area (Å²) in [7, 11) is 0. The van der Waals surface area contributed by atoms with Crippen molar-refractivity contribution in [2.45, 2.75) is 4.90 Å². The molecule has 0 aliphatic carbocycles. The minimum atomic E-state index is 0.297. The third kappa shape index (κ3) is 1.94. The number of benzene rings is 2. The van der Waals surface area contributed by atoms with Crippen LogP contribution in [-0.2, 0) is 0 Å². The molecule has 0 atom stereocenters. The first-order valence-corrected chi connectivity index (χ1v) is 6.41. The number of thioether (sulfide) groups is 1. The van der Waals surface area contributed by atoms with E-state index < -0.39 is 0 Å². The maximum atomic E-state index is 9.82. The SMILES string of the molecule is Oc1ccccc1C1=Nc2ccccc2SC1. The number of aromatic hydroxyl groups is 1. The van der Waals surface area contributed by atoms with E-state index in [1.165, 1.54) is 4.90 Å². The van der Waals surface area contributed by atoms with E-state index in [1.807, 2.05) is 36.4 Å². The van der Waals surface area contributed by atoms with Crippen molar-refractivity contribution < 1.29 is 5.11 Å². The van der Waals surface area contributed by atoms with Gasteiger partial charge in [0.25, 0.3) is 0 Å². The van der Waals surface area contributed by atoms with Gasteiger partial charge in [-0.3, -0.25) is 4.99 Å². The van der Waals surface area contributed by atoms with E-state index in [0.717, 1.165) is 22.7 Å². The first-order valence-electron chi connectivity index (χ1n) is 5.42. The molecule has 1 aliphatic rings. The highest BCUT2D eigenvalue weighted by Gasteiger charge is 2.15. The van der Waals surface area contributed by atoms with Gasteiger partial charge in [0.1, 0.15) is 5.75 Å². The lowest BCUT2D eigenvalue weighted by Crippen LogP contribution is -2.07. The van der Waals surface area contributed by atoms with Crippen molar-refractivity contribution in [2.24, 2.45) is 4.99 Å². The van der Waals surface area contributed by atoms with E-state index in [4.69, 9.17) is 0 Å². The molecule has 0 amide bonds. The first kappa shape index (κ1) is 10.4. The van der Waals surface area contributed by atoms with Crippen LogP contribution in [0.5, 0.6) is 5.75 Å². The molecule has 1 aliphatic heterocycles. The zero-order chi connectivity index (χ0) is 11.7. The van der Waals surface area contributed by atoms with E-state index in [2.05, 4.69) is 11.1 Å². The molecule has 2 aromatic rings. The second-order valence-corrected chi connectivity index (χ2v) is 4.85. The van der Waals surface area contributed by atoms with E-state index in [1.54, 1.807) is 17.8 Å². The number of phenolic OH excluding ortho intramolecular Hbond substituents is 1. The molecule has 2 nitrogen and oxygen atoms in total. The number of hydrogen-bond donors (Lipinski definition) is 1. The summed E-state index contributed by atoms with van der Waals surface area (Å²) in [5.74, 6) is 1.10. The van der Waals surface area contributed by atoms with Crippen molar-refractivity contribution in [1.82, 2.24) is 0 Å². The van der Waals surface area contributed by atoms with Gasteiger partial charge in [0, 0.05) is 16.2 Å². The van der Waals surface area contributed by atoms with Crippen LogP contribution in [0.3, 0.4) is 0 Å². The molecule has 17 heavy (non-hydrogen) atoms. The number of phenols is 1. The molecule has 1 heterocycles. The maximum Gasteiger partial charge on any atom is 0.124 e. The Morgan fingerprint density at radius 3 is 2.65 bits per heavy atom. The summed E-state index contributed by atoms with van der Waals surface area (Å²) in [5.41, 5.74) is 2.75. The minimum Gasteiger partial charge on any atom is -0.507 e. The zero-order valence-corrected chi connectivity index (χ0v) is 9.95. The van der Waals surface area contributed by atoms with Gasteiger partial charge in [-0.25, -0.2) is 0 Å². The summed E-state index contributed by atoms with van der Waals surface area (Å²) in [4.78, 5) is 5.81. The van der Waals surface area contributed by atoms with Crippen LogP contribution < -0.4 is 0 Å². The van der Waals surface area contributed by atoms with Crippen molar-refractivity contribution in [3.05, 3.63) is 54.1 Å². The molecule has 0 fully saturated rings. The maximum absolute atomic E-state index is 9.82. The summed E-state index contributed by atoms with van der Waals surface area (Å²) in [6.07, 6.45) is 0. The monoisotopic (exact) mass is 241 g/mol. The van der Waals surface area contributed by atoms with Gasteiger partial charge in [-0.2, -0.15) is 0 Å². The van der Waals surface area contributed by atoms with Gasteiger partial charge in [-0.15, -0.1) is 11.8 Å². The van der Waals surface area contributed by atoms with Crippen LogP contribution >= 0.6 is 11.8 Å². The van der Waals surface area contributed by atoms with Crippen molar-refractivity contribution >= 4 is 23.2 Å². The number of nitrogens with zero attached hydrogens (tertiary/aromatic N) is 1. The predicted molar refractivity (Wildman–Crippen MR) is 71.5 cm³/mol. The molecule has 0 radical (unpaired) electrons. The van der Waals surface area contributed by atoms with Crippen molar-refractivity contribution in [3.63, 3.8) is 0 Å². The lowest BCUT2D eigenvalue weighted by molar-refractivity contribution is 0.474. The fourth-order valence-electron chi connectivity index (χ4n) is 1.85. The number of rotatable bonds is 1. The fourth-order valence-corrected chi connectivity index (χ4v) is 2.80. The Balaban J connectivity index is 2.08. The molecule has 0 saturated carbocycles. The molecule has 0 saturated heterocycles. The van der Waals surface area contributed by atoms with Crippen LogP contribution in [0.15, 0.2) is 58.4 Å². The van der Waals surface area contributed by atoms with Gasteiger partial charge in [0.05, 0.1) is 11.4 Å². The molecular formula is C14H11NOS. The molecule has 1 N–H and O–H groups in total. The Bertz CT molecular complexity index is 592. The average molecular weight is 241 g/mol. The quantitative estimate of drug-likeness (QED) is 0.827.